The Morgan fingerprint density at radius 3 is 0.879 bits per heavy atom. The lowest BCUT2D eigenvalue weighted by Gasteiger charge is -2.44. The van der Waals surface area contributed by atoms with E-state index in [4.69, 9.17) is 9.31 Å². The molecule has 1 aliphatic heterocycles. The van der Waals surface area contributed by atoms with E-state index in [2.05, 4.69) is 0 Å². The lowest BCUT2D eigenvalue weighted by Crippen LogP contribution is -2.69. The summed E-state index contributed by atoms with van der Waals surface area (Å²) in [5.41, 5.74) is -21.4. The van der Waals surface area contributed by atoms with E-state index in [-0.39, 0.29) is 27.6 Å². The van der Waals surface area contributed by atoms with Crippen LogP contribution in [0.15, 0.2) is 46.8 Å². The molecule has 6 aromatic carbocycles. The minimum atomic E-state index is -6.17. The second-order valence-electron chi connectivity index (χ2n) is 33.8. The summed E-state index contributed by atoms with van der Waals surface area (Å²) >= 11 is 0. The number of rotatable bonds is 10. The van der Waals surface area contributed by atoms with E-state index in [1.807, 2.05) is 20.8 Å². The second-order valence-corrected chi connectivity index (χ2v) is 37.4. The van der Waals surface area contributed by atoms with E-state index >= 15 is 87.8 Å². The highest BCUT2D eigenvalue weighted by atomic mass is 31.1. The van der Waals surface area contributed by atoms with Gasteiger partial charge in [0.1, 0.15) is 46.5 Å². The molecule has 0 spiro atoms. The molecule has 540 valence electrons. The molecule has 0 fully saturated rings. The summed E-state index contributed by atoms with van der Waals surface area (Å²) in [6.07, 6.45) is -10.5. The summed E-state index contributed by atoms with van der Waals surface area (Å²) < 4.78 is 358. The van der Waals surface area contributed by atoms with Crippen molar-refractivity contribution in [2.45, 2.75) is 199 Å². The van der Waals surface area contributed by atoms with Crippen molar-refractivity contribution < 1.29 is 97.1 Å². The maximum atomic E-state index is 18.5. The van der Waals surface area contributed by atoms with Gasteiger partial charge in [0.2, 0.25) is 0 Å². The van der Waals surface area contributed by atoms with E-state index in [1.165, 1.54) is 95.2 Å². The van der Waals surface area contributed by atoms with Gasteiger partial charge in [0, 0.05) is 36.0 Å². The van der Waals surface area contributed by atoms with Crippen molar-refractivity contribution in [1.82, 2.24) is 0 Å². The molecule has 0 bridgehead atoms. The molecule has 0 radical (unpaired) electrons. The lowest BCUT2D eigenvalue weighted by atomic mass is 9.30. The van der Waals surface area contributed by atoms with Gasteiger partial charge in [0.05, 0.1) is 5.30 Å². The van der Waals surface area contributed by atoms with E-state index in [0.717, 1.165) is 12.2 Å². The number of halogens is 20. The van der Waals surface area contributed by atoms with Gasteiger partial charge < -0.3 is 9.31 Å². The van der Waals surface area contributed by atoms with Gasteiger partial charge in [-0.3, -0.25) is 0 Å². The second kappa shape index (κ2) is 26.1. The highest BCUT2D eigenvalue weighted by Gasteiger charge is 2.62. The summed E-state index contributed by atoms with van der Waals surface area (Å²) in [6.45, 7) is 37.3. The number of benzene rings is 6. The van der Waals surface area contributed by atoms with Crippen molar-refractivity contribution >= 4 is 66.9 Å². The fourth-order valence-corrected chi connectivity index (χ4v) is 19.2. The van der Waals surface area contributed by atoms with Crippen molar-refractivity contribution in [3.05, 3.63) is 197 Å². The SMILES string of the molecule is CC(C)(C)/C=C(\[PH2+]c1c(C(C)(C)C)cc(C(C)(C)C)cc1C(C)(C)C)[B-](OC1=[P+](c2c(C(C)(C)C)cc(C(C)(C)C)cc2C(C)(C)C)/C(=C\C(C)(C)C)[B-](c2c(F)c(F)c(F)c(F)c2F)(c2c(F)c(F)c(F)c(F)c2F)O1)(c1c(F)c(F)c(F)c(F)c1F)c1c(F)c(F)c(F)c(F)c1F. The Morgan fingerprint density at radius 1 is 0.364 bits per heavy atom. The molecule has 0 aliphatic carbocycles. The molecule has 2 nitrogen and oxygen atoms in total. The van der Waals surface area contributed by atoms with E-state index in [0.29, 0.717) is 11.1 Å². The highest BCUT2D eigenvalue weighted by molar-refractivity contribution is 7.75. The third kappa shape index (κ3) is 14.1. The maximum absolute atomic E-state index is 18.5. The average molecular weight is 1450 g/mol. The summed E-state index contributed by atoms with van der Waals surface area (Å²) in [7, 11) is -6.67. The van der Waals surface area contributed by atoms with Crippen LogP contribution in [0.5, 0.6) is 0 Å². The topological polar surface area (TPSA) is 18.5 Å². The molecule has 0 amide bonds. The van der Waals surface area contributed by atoms with Gasteiger partial charge in [-0.25, -0.2) is 87.8 Å². The molecular formula is C73H80B2F20O2P2. The molecule has 26 heteroatoms. The molecule has 1 aliphatic rings. The maximum Gasteiger partial charge on any atom is 0.287 e. The number of hydrogen-bond acceptors (Lipinski definition) is 2. The van der Waals surface area contributed by atoms with Crippen LogP contribution in [0.2, 0.25) is 0 Å². The Bertz CT molecular complexity index is 4120. The standard InChI is InChI=1S/C73H79B2F20O2P2/c1-66(2,3)29-37(98-63-33(70(13,14)15)25-31(68(7,8)9)26-34(63)71(16,17)18)74(39-43(76)51(84)59(92)52(85)44(39)77,40-45(78)53(86)60(93)54(87)46(40)79)96-65-97-75(41-47(80)55(88)61(94)56(89)48(41)81,42-49(82)57(90)62(95)58(91)50(42)83)38(30-67(4,5)6)99(65)64-35(72(19,20)21)27-32(69(10,11)12)28-36(64)73(22,23)24/h25-30,98H,1-24H3/q-1/p+1/b37-29-,38-30-. The van der Waals surface area contributed by atoms with Crippen LogP contribution in [-0.4, -0.2) is 18.4 Å². The summed E-state index contributed by atoms with van der Waals surface area (Å²) in [6, 6.07) is 6.30. The van der Waals surface area contributed by atoms with E-state index < -0.39 is 232 Å². The third-order valence-electron chi connectivity index (χ3n) is 17.5. The Balaban J connectivity index is 2.09. The molecule has 7 rings (SSSR count). The molecule has 0 saturated carbocycles. The first-order chi connectivity index (χ1) is 44.5. The van der Waals surface area contributed by atoms with Crippen LogP contribution in [0.25, 0.3) is 0 Å². The van der Waals surface area contributed by atoms with Gasteiger partial charge in [-0.05, 0) is 59.7 Å². The normalized spacial score (nSPS) is 15.9. The zero-order chi connectivity index (χ0) is 76.1. The van der Waals surface area contributed by atoms with Crippen LogP contribution in [-0.2, 0) is 41.8 Å². The van der Waals surface area contributed by atoms with Crippen molar-refractivity contribution in [3.8, 4) is 0 Å². The van der Waals surface area contributed by atoms with Crippen LogP contribution < -0.4 is 32.5 Å². The Hall–Kier alpha value is -5.95. The summed E-state index contributed by atoms with van der Waals surface area (Å²) in [5, 5.41) is -2.79. The van der Waals surface area contributed by atoms with Gasteiger partial charge in [-0.15, -0.1) is 0 Å². The van der Waals surface area contributed by atoms with Crippen molar-refractivity contribution in [2.24, 2.45) is 10.8 Å². The fraction of sp³-hybridized carbons (Fsp3) is 0.438. The highest BCUT2D eigenvalue weighted by Crippen LogP contribution is 2.56. The van der Waals surface area contributed by atoms with Crippen LogP contribution in [0, 0.1) is 127 Å². The van der Waals surface area contributed by atoms with Gasteiger partial charge in [0.25, 0.3) is 18.4 Å². The van der Waals surface area contributed by atoms with Crippen LogP contribution in [0.1, 0.15) is 200 Å². The van der Waals surface area contributed by atoms with Gasteiger partial charge in [-0.1, -0.05) is 224 Å². The molecule has 6 aromatic rings. The largest absolute Gasteiger partial charge is 0.493 e. The molecule has 0 saturated heterocycles. The Kier molecular flexibility index (Phi) is 21.2. The van der Waals surface area contributed by atoms with Gasteiger partial charge >= 0.3 is 0 Å². The smallest absolute Gasteiger partial charge is 0.287 e. The third-order valence-corrected chi connectivity index (χ3v) is 21.8. The van der Waals surface area contributed by atoms with Crippen LogP contribution in [0.4, 0.5) is 87.8 Å². The quantitative estimate of drug-likeness (QED) is 0.0447. The molecule has 1 heterocycles. The summed E-state index contributed by atoms with van der Waals surface area (Å²) in [5.74, 6) is -60.9. The minimum Gasteiger partial charge on any atom is -0.493 e. The van der Waals surface area contributed by atoms with Gasteiger partial charge in [0.15, 0.2) is 82.7 Å². The van der Waals surface area contributed by atoms with Gasteiger partial charge in [-0.2, -0.15) is 0 Å². The molecule has 2 unspecified atom stereocenters. The predicted octanol–water partition coefficient (Wildman–Crippen LogP) is 19.7. The first-order valence-electron chi connectivity index (χ1n) is 31.6. The summed E-state index contributed by atoms with van der Waals surface area (Å²) in [4.78, 5) is 0. The first kappa shape index (κ1) is 80.4. The molecule has 99 heavy (non-hydrogen) atoms. The molecular weight excluding hydrogens is 1370 g/mol. The minimum absolute atomic E-state index is 0.0400. The monoisotopic (exact) mass is 1450 g/mol. The van der Waals surface area contributed by atoms with Crippen molar-refractivity contribution in [1.29, 1.82) is 0 Å². The predicted molar refractivity (Wildman–Crippen MR) is 358 cm³/mol. The lowest BCUT2D eigenvalue weighted by molar-refractivity contribution is 0.367. The van der Waals surface area contributed by atoms with Crippen molar-refractivity contribution in [2.75, 3.05) is 0 Å². The Morgan fingerprint density at radius 2 is 0.626 bits per heavy atom. The Labute approximate surface area is 567 Å². The number of allylic oxidation sites excluding steroid dienone is 2. The molecule has 0 aromatic heterocycles. The zero-order valence-corrected chi connectivity index (χ0v) is 61.6. The van der Waals surface area contributed by atoms with Crippen LogP contribution in [0.3, 0.4) is 0 Å². The fourth-order valence-electron chi connectivity index (χ4n) is 12.6. The van der Waals surface area contributed by atoms with E-state index in [9.17, 15) is 0 Å². The number of hydrogen-bond donors (Lipinski definition) is 0. The van der Waals surface area contributed by atoms with E-state index in [1.54, 1.807) is 74.4 Å². The molecule has 0 N–H and O–H groups in total. The average Bonchev–Trinajstić information content (AvgIpc) is 1.61. The zero-order valence-electron chi connectivity index (χ0n) is 59.5. The molecule has 2 atom stereocenters. The van der Waals surface area contributed by atoms with Crippen molar-refractivity contribution in [3.63, 3.8) is 0 Å². The first-order valence-corrected chi connectivity index (χ1v) is 34.1. The van der Waals surface area contributed by atoms with Crippen LogP contribution >= 0.6 is 16.1 Å².